The van der Waals surface area contributed by atoms with Gasteiger partial charge in [-0.3, -0.25) is 4.79 Å². The zero-order valence-corrected chi connectivity index (χ0v) is 23.5. The van der Waals surface area contributed by atoms with Crippen molar-refractivity contribution >= 4 is 32.7 Å². The van der Waals surface area contributed by atoms with Crippen LogP contribution >= 0.6 is 0 Å². The van der Waals surface area contributed by atoms with E-state index in [1.165, 1.54) is 0 Å². The highest BCUT2D eigenvalue weighted by Gasteiger charge is 2.32. The van der Waals surface area contributed by atoms with Crippen molar-refractivity contribution in [3.63, 3.8) is 0 Å². The van der Waals surface area contributed by atoms with E-state index in [0.29, 0.717) is 51.1 Å². The highest BCUT2D eigenvalue weighted by molar-refractivity contribution is 7.89. The maximum absolute atomic E-state index is 12.5. The van der Waals surface area contributed by atoms with Crippen LogP contribution in [0.5, 0.6) is 5.88 Å². The molecule has 2 aromatic heterocycles. The lowest BCUT2D eigenvalue weighted by atomic mass is 10.0. The normalized spacial score (nSPS) is 21.5. The number of hydrogen-bond donors (Lipinski definition) is 1. The van der Waals surface area contributed by atoms with Gasteiger partial charge in [0.15, 0.2) is 0 Å². The van der Waals surface area contributed by atoms with Crippen molar-refractivity contribution in [3.8, 4) is 17.1 Å². The number of nitrogens with one attached hydrogen (secondary N) is 1. The molecule has 2 unspecified atom stereocenters. The van der Waals surface area contributed by atoms with Gasteiger partial charge < -0.3 is 19.5 Å². The number of anilines is 1. The van der Waals surface area contributed by atoms with Crippen LogP contribution in [0, 0.1) is 5.92 Å². The molecule has 10 nitrogen and oxygen atoms in total. The molecule has 0 spiro atoms. The van der Waals surface area contributed by atoms with Gasteiger partial charge in [0.1, 0.15) is 11.6 Å². The number of imidazole rings is 1. The van der Waals surface area contributed by atoms with Crippen molar-refractivity contribution in [2.45, 2.75) is 57.4 Å². The first-order valence-corrected chi connectivity index (χ1v) is 15.4. The van der Waals surface area contributed by atoms with Crippen LogP contribution in [-0.2, 0) is 14.8 Å². The van der Waals surface area contributed by atoms with Crippen LogP contribution in [-0.4, -0.2) is 77.2 Å². The first-order valence-electron chi connectivity index (χ1n) is 13.9. The molecule has 1 aromatic carbocycles. The molecule has 0 bridgehead atoms. The maximum atomic E-state index is 12.5. The Labute approximate surface area is 229 Å². The average molecular weight is 553 g/mol. The summed E-state index contributed by atoms with van der Waals surface area (Å²) in [6.07, 6.45) is 4.43. The van der Waals surface area contributed by atoms with Crippen molar-refractivity contribution in [2.24, 2.45) is 5.92 Å². The molecule has 1 amide bonds. The molecule has 3 fully saturated rings. The fraction of sp³-hybridized carbons (Fsp3) is 0.536. The standard InChI is InChI=1S/C28H36N6O4S/c1-18(2)39(36,37)33-12-10-32(11-13-33)22-6-4-20(5-7-22)24-15-25-27(34(17-30-25)23-8-9-23)28(31-24)38-19(3)21-14-26(35)29-16-21/h4-7,15,17-19,21,23H,8-14,16H2,1-3H3,(H,29,35). The zero-order valence-electron chi connectivity index (χ0n) is 22.7. The van der Waals surface area contributed by atoms with E-state index in [4.69, 9.17) is 9.72 Å². The van der Waals surface area contributed by atoms with Crippen LogP contribution in [0.3, 0.4) is 0 Å². The van der Waals surface area contributed by atoms with Crippen molar-refractivity contribution in [3.05, 3.63) is 36.7 Å². The summed E-state index contributed by atoms with van der Waals surface area (Å²) in [4.78, 5) is 23.6. The lowest BCUT2D eigenvalue weighted by Gasteiger charge is -2.36. The Balaban J connectivity index is 1.24. The van der Waals surface area contributed by atoms with E-state index in [-0.39, 0.29) is 17.9 Å². The highest BCUT2D eigenvalue weighted by atomic mass is 32.2. The Bertz CT molecular complexity index is 1470. The quantitative estimate of drug-likeness (QED) is 0.457. The molecule has 2 atom stereocenters. The van der Waals surface area contributed by atoms with Gasteiger partial charge in [-0.1, -0.05) is 12.1 Å². The lowest BCUT2D eigenvalue weighted by Crippen LogP contribution is -2.50. The fourth-order valence-electron chi connectivity index (χ4n) is 5.46. The Hall–Kier alpha value is -3.18. The SMILES string of the molecule is CC(Oc1nc(-c2ccc(N3CCN(S(=O)(=O)C(C)C)CC3)cc2)cc2ncn(C3CC3)c12)C1CNC(=O)C1. The smallest absolute Gasteiger partial charge is 0.241 e. The van der Waals surface area contributed by atoms with E-state index in [9.17, 15) is 13.2 Å². The summed E-state index contributed by atoms with van der Waals surface area (Å²) in [7, 11) is -3.23. The number of fused-ring (bicyclic) bond motifs is 1. The number of carbonyl (C=O) groups is 1. The molecule has 4 heterocycles. The summed E-state index contributed by atoms with van der Waals surface area (Å²) >= 11 is 0. The van der Waals surface area contributed by atoms with Gasteiger partial charge in [0.2, 0.25) is 21.8 Å². The van der Waals surface area contributed by atoms with Crippen LogP contribution < -0.4 is 15.0 Å². The number of piperazine rings is 1. The number of ether oxygens (including phenoxy) is 1. The molecule has 0 radical (unpaired) electrons. The Morgan fingerprint density at radius 1 is 1.05 bits per heavy atom. The van der Waals surface area contributed by atoms with Gasteiger partial charge in [-0.25, -0.2) is 18.4 Å². The molecule has 3 aromatic rings. The van der Waals surface area contributed by atoms with Crippen LogP contribution in [0.25, 0.3) is 22.3 Å². The molecule has 6 rings (SSSR count). The largest absolute Gasteiger partial charge is 0.473 e. The predicted molar refractivity (Wildman–Crippen MR) is 150 cm³/mol. The van der Waals surface area contributed by atoms with Crippen LogP contribution in [0.2, 0.25) is 0 Å². The number of nitrogens with zero attached hydrogens (tertiary/aromatic N) is 5. The van der Waals surface area contributed by atoms with Gasteiger partial charge in [0.25, 0.3) is 0 Å². The third kappa shape index (κ3) is 5.09. The summed E-state index contributed by atoms with van der Waals surface area (Å²) in [6.45, 7) is 8.37. The summed E-state index contributed by atoms with van der Waals surface area (Å²) < 4.78 is 35.2. The second-order valence-corrected chi connectivity index (χ2v) is 13.7. The average Bonchev–Trinajstić information content (AvgIpc) is 3.53. The number of rotatable bonds is 8. The summed E-state index contributed by atoms with van der Waals surface area (Å²) in [5, 5.41) is 2.49. The molecule has 39 heavy (non-hydrogen) atoms. The lowest BCUT2D eigenvalue weighted by molar-refractivity contribution is -0.119. The number of pyridine rings is 1. The monoisotopic (exact) mass is 552 g/mol. The van der Waals surface area contributed by atoms with E-state index in [2.05, 4.69) is 31.9 Å². The highest BCUT2D eigenvalue weighted by Crippen LogP contribution is 2.40. The van der Waals surface area contributed by atoms with Gasteiger partial charge in [0, 0.05) is 62.4 Å². The van der Waals surface area contributed by atoms with Crippen molar-refractivity contribution in [2.75, 3.05) is 37.6 Å². The van der Waals surface area contributed by atoms with Gasteiger partial charge in [-0.15, -0.1) is 0 Å². The molecule has 1 saturated carbocycles. The van der Waals surface area contributed by atoms with Gasteiger partial charge in [0.05, 0.1) is 22.8 Å². The molecule has 1 aliphatic carbocycles. The fourth-order valence-corrected chi connectivity index (χ4v) is 6.73. The molecule has 2 saturated heterocycles. The molecule has 208 valence electrons. The molecular formula is C28H36N6O4S. The van der Waals surface area contributed by atoms with Crippen molar-refractivity contribution in [1.82, 2.24) is 24.2 Å². The van der Waals surface area contributed by atoms with Crippen LogP contribution in [0.1, 0.15) is 46.1 Å². The zero-order chi connectivity index (χ0) is 27.3. The number of hydrogen-bond acceptors (Lipinski definition) is 7. The van der Waals surface area contributed by atoms with E-state index >= 15 is 0 Å². The first-order chi connectivity index (χ1) is 18.7. The van der Waals surface area contributed by atoms with Gasteiger partial charge in [-0.05, 0) is 51.8 Å². The molecule has 11 heteroatoms. The van der Waals surface area contributed by atoms with E-state index < -0.39 is 15.3 Å². The molecule has 3 aliphatic rings. The van der Waals surface area contributed by atoms with E-state index in [0.717, 1.165) is 40.8 Å². The molecule has 1 N–H and O–H groups in total. The minimum atomic E-state index is -3.23. The second kappa shape index (κ2) is 10.1. The Morgan fingerprint density at radius 3 is 2.38 bits per heavy atom. The summed E-state index contributed by atoms with van der Waals surface area (Å²) in [6, 6.07) is 10.7. The number of amides is 1. The van der Waals surface area contributed by atoms with Crippen molar-refractivity contribution in [1.29, 1.82) is 0 Å². The first kappa shape index (κ1) is 26.1. The Morgan fingerprint density at radius 2 is 1.77 bits per heavy atom. The number of carbonyl (C=O) groups excluding carboxylic acids is 1. The second-order valence-electron chi connectivity index (χ2n) is 11.2. The number of aromatic nitrogens is 3. The van der Waals surface area contributed by atoms with Crippen LogP contribution in [0.15, 0.2) is 36.7 Å². The number of benzene rings is 1. The topological polar surface area (TPSA) is 110 Å². The van der Waals surface area contributed by atoms with E-state index in [1.807, 2.05) is 31.5 Å². The molecule has 2 aliphatic heterocycles. The third-order valence-corrected chi connectivity index (χ3v) is 10.4. The summed E-state index contributed by atoms with van der Waals surface area (Å²) in [5.74, 6) is 0.726. The van der Waals surface area contributed by atoms with Gasteiger partial charge >= 0.3 is 0 Å². The number of sulfonamides is 1. The van der Waals surface area contributed by atoms with Gasteiger partial charge in [-0.2, -0.15) is 4.31 Å². The minimum absolute atomic E-state index is 0.0633. The summed E-state index contributed by atoms with van der Waals surface area (Å²) in [5.41, 5.74) is 4.56. The minimum Gasteiger partial charge on any atom is -0.473 e. The van der Waals surface area contributed by atoms with Crippen LogP contribution in [0.4, 0.5) is 5.69 Å². The maximum Gasteiger partial charge on any atom is 0.241 e. The van der Waals surface area contributed by atoms with E-state index in [1.54, 1.807) is 18.2 Å². The molecular weight excluding hydrogens is 516 g/mol. The predicted octanol–water partition coefficient (Wildman–Crippen LogP) is 3.20. The third-order valence-electron chi connectivity index (χ3n) is 8.15. The Kier molecular flexibility index (Phi) is 6.74. The van der Waals surface area contributed by atoms with Crippen molar-refractivity contribution < 1.29 is 17.9 Å².